The first-order valence-corrected chi connectivity index (χ1v) is 8.57. The Bertz CT molecular complexity index is 504. The van der Waals surface area contributed by atoms with Crippen molar-refractivity contribution in [3.8, 4) is 0 Å². The van der Waals surface area contributed by atoms with E-state index < -0.39 is 11.9 Å². The molecule has 2 aliphatic rings. The van der Waals surface area contributed by atoms with Gasteiger partial charge in [0.15, 0.2) is 0 Å². The molecule has 3 rings (SSSR count). The third-order valence-electron chi connectivity index (χ3n) is 5.01. The first-order valence-electron chi connectivity index (χ1n) is 8.57. The van der Waals surface area contributed by atoms with E-state index in [1.54, 1.807) is 6.07 Å². The van der Waals surface area contributed by atoms with Gasteiger partial charge < -0.3 is 10.2 Å². The number of hydrogen-bond donors (Lipinski definition) is 1. The minimum absolute atomic E-state index is 0.214. The maximum Gasteiger partial charge on any atom is 0.433 e. The number of alkyl halides is 3. The van der Waals surface area contributed by atoms with E-state index in [2.05, 4.69) is 15.2 Å². The van der Waals surface area contributed by atoms with Gasteiger partial charge in [0.05, 0.1) is 0 Å². The summed E-state index contributed by atoms with van der Waals surface area (Å²) < 4.78 is 38.1. The van der Waals surface area contributed by atoms with E-state index >= 15 is 0 Å². The van der Waals surface area contributed by atoms with Crippen LogP contribution in [0.5, 0.6) is 0 Å². The molecule has 1 aromatic rings. The molecule has 1 saturated heterocycles. The molecule has 1 aliphatic heterocycles. The molecule has 2 heterocycles. The van der Waals surface area contributed by atoms with Crippen LogP contribution in [0.15, 0.2) is 18.2 Å². The normalized spacial score (nSPS) is 22.2. The molecule has 0 unspecified atom stereocenters. The molecule has 1 aliphatic carbocycles. The van der Waals surface area contributed by atoms with E-state index in [1.807, 2.05) is 0 Å². The van der Waals surface area contributed by atoms with Gasteiger partial charge in [-0.1, -0.05) is 25.3 Å². The van der Waals surface area contributed by atoms with Gasteiger partial charge in [0.2, 0.25) is 0 Å². The topological polar surface area (TPSA) is 28.2 Å². The number of hydrogen-bond acceptors (Lipinski definition) is 3. The van der Waals surface area contributed by atoms with E-state index in [9.17, 15) is 13.2 Å². The first-order chi connectivity index (χ1) is 11.0. The van der Waals surface area contributed by atoms with Gasteiger partial charge in [-0.15, -0.1) is 0 Å². The monoisotopic (exact) mass is 327 g/mol. The van der Waals surface area contributed by atoms with Crippen molar-refractivity contribution in [3.63, 3.8) is 0 Å². The highest BCUT2D eigenvalue weighted by Gasteiger charge is 2.33. The Kier molecular flexibility index (Phi) is 5.09. The number of pyridine rings is 1. The molecule has 23 heavy (non-hydrogen) atoms. The van der Waals surface area contributed by atoms with Crippen molar-refractivity contribution in [1.82, 2.24) is 9.88 Å². The summed E-state index contributed by atoms with van der Waals surface area (Å²) in [6.45, 7) is 2.06. The smallest absolute Gasteiger partial charge is 0.367 e. The van der Waals surface area contributed by atoms with Gasteiger partial charge in [-0.05, 0) is 37.8 Å². The minimum Gasteiger partial charge on any atom is -0.367 e. The first kappa shape index (κ1) is 16.6. The minimum atomic E-state index is -4.39. The van der Waals surface area contributed by atoms with E-state index in [0.717, 1.165) is 38.0 Å². The average Bonchev–Trinajstić information content (AvgIpc) is 2.56. The van der Waals surface area contributed by atoms with Crippen LogP contribution in [0.3, 0.4) is 0 Å². The van der Waals surface area contributed by atoms with Gasteiger partial charge in [0, 0.05) is 25.2 Å². The molecule has 2 fully saturated rings. The number of rotatable bonds is 3. The van der Waals surface area contributed by atoms with Crippen LogP contribution >= 0.6 is 0 Å². The molecule has 0 radical (unpaired) electrons. The Balaban J connectivity index is 1.52. The summed E-state index contributed by atoms with van der Waals surface area (Å²) in [5.74, 6) is 0.330. The molecule has 6 heteroatoms. The molecule has 3 nitrogen and oxygen atoms in total. The average molecular weight is 327 g/mol. The van der Waals surface area contributed by atoms with Crippen LogP contribution < -0.4 is 5.32 Å². The Hall–Kier alpha value is -1.30. The standard InChI is InChI=1S/C17H24F3N3/c18-17(19,20)15-7-4-8-16(22-15)21-13-9-11-23(12-10-13)14-5-2-1-3-6-14/h4,7-8,13-14H,1-3,5-6,9-12H2,(H,21,22). The molecule has 1 saturated carbocycles. The van der Waals surface area contributed by atoms with Crippen LogP contribution in [0, 0.1) is 0 Å². The van der Waals surface area contributed by atoms with Gasteiger partial charge in [-0.2, -0.15) is 13.2 Å². The molecule has 1 N–H and O–H groups in total. The lowest BCUT2D eigenvalue weighted by Crippen LogP contribution is -2.45. The molecular formula is C17H24F3N3. The molecular weight excluding hydrogens is 303 g/mol. The van der Waals surface area contributed by atoms with Crippen LogP contribution in [0.4, 0.5) is 19.0 Å². The van der Waals surface area contributed by atoms with Crippen LogP contribution in [0.25, 0.3) is 0 Å². The highest BCUT2D eigenvalue weighted by Crippen LogP contribution is 2.29. The van der Waals surface area contributed by atoms with E-state index in [0.29, 0.717) is 5.82 Å². The highest BCUT2D eigenvalue weighted by molar-refractivity contribution is 5.37. The zero-order valence-corrected chi connectivity index (χ0v) is 13.3. The van der Waals surface area contributed by atoms with Crippen LogP contribution in [-0.4, -0.2) is 35.1 Å². The number of nitrogens with one attached hydrogen (secondary N) is 1. The van der Waals surface area contributed by atoms with Crippen molar-refractivity contribution in [2.45, 2.75) is 63.2 Å². The largest absolute Gasteiger partial charge is 0.433 e. The molecule has 0 aromatic carbocycles. The maximum absolute atomic E-state index is 12.7. The second-order valence-corrected chi connectivity index (χ2v) is 6.65. The second kappa shape index (κ2) is 7.07. The SMILES string of the molecule is FC(F)(F)c1cccc(NC2CCN(C3CCCCC3)CC2)n1. The van der Waals surface area contributed by atoms with Crippen molar-refractivity contribution >= 4 is 5.82 Å². The Labute approximate surface area is 135 Å². The lowest BCUT2D eigenvalue weighted by Gasteiger charge is -2.39. The van der Waals surface area contributed by atoms with Crippen molar-refractivity contribution < 1.29 is 13.2 Å². The summed E-state index contributed by atoms with van der Waals surface area (Å²) in [5.41, 5.74) is -0.831. The van der Waals surface area contributed by atoms with Gasteiger partial charge in [-0.3, -0.25) is 0 Å². The fraction of sp³-hybridized carbons (Fsp3) is 0.706. The number of anilines is 1. The Morgan fingerprint density at radius 3 is 2.35 bits per heavy atom. The zero-order valence-electron chi connectivity index (χ0n) is 13.3. The molecule has 128 valence electrons. The Morgan fingerprint density at radius 1 is 1.00 bits per heavy atom. The summed E-state index contributed by atoms with van der Waals surface area (Å²) in [7, 11) is 0. The second-order valence-electron chi connectivity index (χ2n) is 6.65. The van der Waals surface area contributed by atoms with Crippen LogP contribution in [0.2, 0.25) is 0 Å². The van der Waals surface area contributed by atoms with Gasteiger partial charge in [0.25, 0.3) is 0 Å². The predicted octanol–water partition coefficient (Wildman–Crippen LogP) is 4.31. The van der Waals surface area contributed by atoms with Gasteiger partial charge in [0.1, 0.15) is 11.5 Å². The van der Waals surface area contributed by atoms with Crippen molar-refractivity contribution in [2.75, 3.05) is 18.4 Å². The summed E-state index contributed by atoms with van der Waals surface area (Å²) >= 11 is 0. The van der Waals surface area contributed by atoms with Crippen LogP contribution in [0.1, 0.15) is 50.6 Å². The number of nitrogens with zero attached hydrogens (tertiary/aromatic N) is 2. The molecule has 1 aromatic heterocycles. The lowest BCUT2D eigenvalue weighted by atomic mass is 9.92. The predicted molar refractivity (Wildman–Crippen MR) is 84.3 cm³/mol. The molecule has 0 atom stereocenters. The van der Waals surface area contributed by atoms with Gasteiger partial charge >= 0.3 is 6.18 Å². The van der Waals surface area contributed by atoms with Crippen molar-refractivity contribution in [3.05, 3.63) is 23.9 Å². The summed E-state index contributed by atoms with van der Waals surface area (Å²) in [4.78, 5) is 6.26. The highest BCUT2D eigenvalue weighted by atomic mass is 19.4. The van der Waals surface area contributed by atoms with Crippen molar-refractivity contribution in [1.29, 1.82) is 0 Å². The number of aromatic nitrogens is 1. The van der Waals surface area contributed by atoms with Crippen LogP contribution in [-0.2, 0) is 6.18 Å². The third kappa shape index (κ3) is 4.37. The third-order valence-corrected chi connectivity index (χ3v) is 5.01. The fourth-order valence-electron chi connectivity index (χ4n) is 3.74. The maximum atomic E-state index is 12.7. The quantitative estimate of drug-likeness (QED) is 0.897. The summed E-state index contributed by atoms with van der Waals surface area (Å²) in [5, 5.41) is 3.18. The van der Waals surface area contributed by atoms with Gasteiger partial charge in [-0.25, -0.2) is 4.98 Å². The number of halogens is 3. The van der Waals surface area contributed by atoms with E-state index in [4.69, 9.17) is 0 Å². The molecule has 0 amide bonds. The fourth-order valence-corrected chi connectivity index (χ4v) is 3.74. The molecule has 0 bridgehead atoms. The Morgan fingerprint density at radius 2 is 1.70 bits per heavy atom. The van der Waals surface area contributed by atoms with E-state index in [1.165, 1.54) is 38.2 Å². The summed E-state index contributed by atoms with van der Waals surface area (Å²) in [6.07, 6.45) is 4.16. The van der Waals surface area contributed by atoms with E-state index in [-0.39, 0.29) is 6.04 Å². The van der Waals surface area contributed by atoms with Crippen molar-refractivity contribution in [2.24, 2.45) is 0 Å². The number of piperidine rings is 1. The lowest BCUT2D eigenvalue weighted by molar-refractivity contribution is -0.141. The zero-order chi connectivity index (χ0) is 16.3. The molecule has 0 spiro atoms. The summed E-state index contributed by atoms with van der Waals surface area (Å²) in [6, 6.07) is 4.97. The number of likely N-dealkylation sites (tertiary alicyclic amines) is 1.